The van der Waals surface area contributed by atoms with E-state index < -0.39 is 14.9 Å². The normalized spacial score (nSPS) is 11.2. The van der Waals surface area contributed by atoms with Crippen molar-refractivity contribution in [1.82, 2.24) is 4.72 Å². The van der Waals surface area contributed by atoms with Crippen LogP contribution >= 0.6 is 0 Å². The molecule has 2 rings (SSSR count). The molecule has 25 heavy (non-hydrogen) atoms. The summed E-state index contributed by atoms with van der Waals surface area (Å²) in [5, 5.41) is 10.6. The molecule has 0 amide bonds. The molecule has 2 aromatic rings. The molecule has 134 valence electrons. The van der Waals surface area contributed by atoms with Crippen molar-refractivity contribution < 1.29 is 13.3 Å². The maximum Gasteiger partial charge on any atom is 0.269 e. The molecular weight excluding hydrogens is 342 g/mol. The first-order valence-corrected chi connectivity index (χ1v) is 9.49. The average molecular weight is 363 g/mol. The van der Waals surface area contributed by atoms with Crippen molar-refractivity contribution in [1.29, 1.82) is 0 Å². The van der Waals surface area contributed by atoms with Gasteiger partial charge in [0, 0.05) is 38.0 Å². The largest absolute Gasteiger partial charge is 0.375 e. The van der Waals surface area contributed by atoms with E-state index in [1.54, 1.807) is 0 Å². The number of nitrogens with one attached hydrogen (secondary N) is 1. The SMILES string of the molecule is CN(CCCNS(=O)(=O)Cc1ccc([N+](=O)[O-])cc1)c1ccccc1. The Hall–Kier alpha value is -2.45. The van der Waals surface area contributed by atoms with Crippen LogP contribution in [0, 0.1) is 10.1 Å². The van der Waals surface area contributed by atoms with Gasteiger partial charge in [0.05, 0.1) is 10.7 Å². The molecule has 0 spiro atoms. The number of anilines is 1. The Kier molecular flexibility index (Phi) is 6.49. The second-order valence-corrected chi connectivity index (χ2v) is 7.49. The molecule has 1 N–H and O–H groups in total. The second-order valence-electron chi connectivity index (χ2n) is 5.69. The predicted octanol–water partition coefficient (Wildman–Crippen LogP) is 2.54. The van der Waals surface area contributed by atoms with Gasteiger partial charge in [-0.3, -0.25) is 10.1 Å². The molecule has 0 radical (unpaired) electrons. The molecule has 0 heterocycles. The van der Waals surface area contributed by atoms with Crippen LogP contribution in [0.3, 0.4) is 0 Å². The number of nitrogens with zero attached hydrogens (tertiary/aromatic N) is 2. The van der Waals surface area contributed by atoms with Crippen molar-refractivity contribution >= 4 is 21.4 Å². The van der Waals surface area contributed by atoms with E-state index in [4.69, 9.17) is 0 Å². The highest BCUT2D eigenvalue weighted by molar-refractivity contribution is 7.88. The number of hydrogen-bond acceptors (Lipinski definition) is 5. The van der Waals surface area contributed by atoms with Crippen molar-refractivity contribution in [2.24, 2.45) is 0 Å². The van der Waals surface area contributed by atoms with E-state index in [9.17, 15) is 18.5 Å². The van der Waals surface area contributed by atoms with Gasteiger partial charge >= 0.3 is 0 Å². The summed E-state index contributed by atoms with van der Waals surface area (Å²) in [5.41, 5.74) is 1.54. The summed E-state index contributed by atoms with van der Waals surface area (Å²) in [6.45, 7) is 1.07. The van der Waals surface area contributed by atoms with Gasteiger partial charge in [0.2, 0.25) is 10.0 Å². The van der Waals surface area contributed by atoms with E-state index >= 15 is 0 Å². The highest BCUT2D eigenvalue weighted by Crippen LogP contribution is 2.14. The zero-order chi connectivity index (χ0) is 18.3. The van der Waals surface area contributed by atoms with Crippen molar-refractivity contribution in [2.75, 3.05) is 25.0 Å². The molecule has 0 bridgehead atoms. The van der Waals surface area contributed by atoms with Gasteiger partial charge < -0.3 is 4.90 Å². The van der Waals surface area contributed by atoms with Crippen molar-refractivity contribution in [3.8, 4) is 0 Å². The van der Waals surface area contributed by atoms with Gasteiger partial charge in [-0.1, -0.05) is 30.3 Å². The number of nitro benzene ring substituents is 1. The monoisotopic (exact) mass is 363 g/mol. The molecule has 0 aliphatic heterocycles. The van der Waals surface area contributed by atoms with Crippen LogP contribution in [0.4, 0.5) is 11.4 Å². The molecule has 7 nitrogen and oxygen atoms in total. The van der Waals surface area contributed by atoms with E-state index in [0.29, 0.717) is 18.5 Å². The van der Waals surface area contributed by atoms with Crippen LogP contribution in [0.25, 0.3) is 0 Å². The van der Waals surface area contributed by atoms with Crippen molar-refractivity contribution in [3.63, 3.8) is 0 Å². The van der Waals surface area contributed by atoms with Crippen LogP contribution < -0.4 is 9.62 Å². The lowest BCUT2D eigenvalue weighted by Gasteiger charge is -2.19. The Balaban J connectivity index is 1.78. The molecule has 8 heteroatoms. The van der Waals surface area contributed by atoms with Crippen LogP contribution in [0.1, 0.15) is 12.0 Å². The Morgan fingerprint density at radius 3 is 2.32 bits per heavy atom. The lowest BCUT2D eigenvalue weighted by Crippen LogP contribution is -2.29. The predicted molar refractivity (Wildman–Crippen MR) is 98.1 cm³/mol. The average Bonchev–Trinajstić information content (AvgIpc) is 2.59. The van der Waals surface area contributed by atoms with Crippen LogP contribution in [0.2, 0.25) is 0 Å². The Labute approximate surface area is 147 Å². The van der Waals surface area contributed by atoms with Crippen LogP contribution in [0.15, 0.2) is 54.6 Å². The zero-order valence-corrected chi connectivity index (χ0v) is 14.8. The minimum atomic E-state index is -3.47. The molecule has 0 saturated heterocycles. The van der Waals surface area contributed by atoms with E-state index in [1.165, 1.54) is 24.3 Å². The fraction of sp³-hybridized carbons (Fsp3) is 0.294. The molecule has 0 fully saturated rings. The summed E-state index contributed by atoms with van der Waals surface area (Å²) in [4.78, 5) is 12.1. The molecule has 0 aliphatic carbocycles. The fourth-order valence-electron chi connectivity index (χ4n) is 2.34. The van der Waals surface area contributed by atoms with Crippen molar-refractivity contribution in [2.45, 2.75) is 12.2 Å². The molecule has 0 aliphatic rings. The maximum atomic E-state index is 12.1. The maximum absolute atomic E-state index is 12.1. The third kappa shape index (κ3) is 6.17. The fourth-order valence-corrected chi connectivity index (χ4v) is 3.53. The summed E-state index contributed by atoms with van der Waals surface area (Å²) in [6.07, 6.45) is 0.672. The minimum absolute atomic E-state index is 0.0574. The number of non-ortho nitro benzene ring substituents is 1. The summed E-state index contributed by atoms with van der Waals surface area (Å²) >= 11 is 0. The van der Waals surface area contributed by atoms with Gasteiger partial charge in [0.1, 0.15) is 0 Å². The molecule has 0 atom stereocenters. The summed E-state index contributed by atoms with van der Waals surface area (Å²) in [7, 11) is -1.51. The molecule has 0 unspecified atom stereocenters. The zero-order valence-electron chi connectivity index (χ0n) is 14.0. The lowest BCUT2D eigenvalue weighted by molar-refractivity contribution is -0.384. The van der Waals surface area contributed by atoms with E-state index in [0.717, 1.165) is 12.2 Å². The first-order valence-electron chi connectivity index (χ1n) is 7.84. The number of benzene rings is 2. The first kappa shape index (κ1) is 18.9. The molecule has 0 saturated carbocycles. The Bertz CT molecular complexity index is 792. The van der Waals surface area contributed by atoms with Crippen LogP contribution in [0.5, 0.6) is 0 Å². The molecular formula is C17H21N3O4S. The smallest absolute Gasteiger partial charge is 0.269 e. The van der Waals surface area contributed by atoms with Crippen LogP contribution in [-0.2, 0) is 15.8 Å². The van der Waals surface area contributed by atoms with Gasteiger partial charge in [-0.25, -0.2) is 13.1 Å². The quantitative estimate of drug-likeness (QED) is 0.420. The summed E-state index contributed by atoms with van der Waals surface area (Å²) in [6, 6.07) is 15.4. The lowest BCUT2D eigenvalue weighted by atomic mass is 10.2. The number of nitro groups is 1. The van der Waals surface area contributed by atoms with Crippen LogP contribution in [-0.4, -0.2) is 33.5 Å². The third-order valence-corrected chi connectivity index (χ3v) is 5.05. The minimum Gasteiger partial charge on any atom is -0.375 e. The third-order valence-electron chi connectivity index (χ3n) is 3.69. The van der Waals surface area contributed by atoms with E-state index in [2.05, 4.69) is 9.62 Å². The van der Waals surface area contributed by atoms with Gasteiger partial charge in [0.15, 0.2) is 0 Å². The Morgan fingerprint density at radius 2 is 1.72 bits per heavy atom. The van der Waals surface area contributed by atoms with Gasteiger partial charge in [-0.05, 0) is 24.1 Å². The summed E-state index contributed by atoms with van der Waals surface area (Å²) in [5.74, 6) is -0.195. The molecule has 2 aromatic carbocycles. The first-order chi connectivity index (χ1) is 11.9. The molecule has 0 aromatic heterocycles. The number of rotatable bonds is 9. The van der Waals surface area contributed by atoms with Gasteiger partial charge in [-0.2, -0.15) is 0 Å². The number of para-hydroxylation sites is 1. The Morgan fingerprint density at radius 1 is 1.08 bits per heavy atom. The van der Waals surface area contributed by atoms with Gasteiger partial charge in [0.25, 0.3) is 5.69 Å². The number of hydrogen-bond donors (Lipinski definition) is 1. The summed E-state index contributed by atoms with van der Waals surface area (Å²) < 4.78 is 26.7. The van der Waals surface area contributed by atoms with E-state index in [-0.39, 0.29) is 11.4 Å². The second kappa shape index (κ2) is 8.59. The van der Waals surface area contributed by atoms with Gasteiger partial charge in [-0.15, -0.1) is 0 Å². The highest BCUT2D eigenvalue weighted by atomic mass is 32.2. The van der Waals surface area contributed by atoms with Crippen molar-refractivity contribution in [3.05, 3.63) is 70.3 Å². The number of sulfonamides is 1. The standard InChI is InChI=1S/C17H21N3O4S/c1-19(16-6-3-2-4-7-16)13-5-12-18-25(23,24)14-15-8-10-17(11-9-15)20(21)22/h2-4,6-11,18H,5,12-14H2,1H3. The van der Waals surface area contributed by atoms with E-state index in [1.807, 2.05) is 37.4 Å². The topological polar surface area (TPSA) is 92.6 Å². The highest BCUT2D eigenvalue weighted by Gasteiger charge is 2.12.